The Balaban J connectivity index is 1.86. The summed E-state index contributed by atoms with van der Waals surface area (Å²) in [6, 6.07) is 25.1. The lowest BCUT2D eigenvalue weighted by molar-refractivity contribution is 0.523. The molecule has 0 unspecified atom stereocenters. The van der Waals surface area contributed by atoms with Crippen molar-refractivity contribution in [3.05, 3.63) is 84.9 Å². The van der Waals surface area contributed by atoms with E-state index in [2.05, 4.69) is 86.4 Å². The maximum absolute atomic E-state index is 6.30. The molecule has 3 rings (SSSR count). The molecule has 0 atom stereocenters. The summed E-state index contributed by atoms with van der Waals surface area (Å²) >= 11 is 0. The molecule has 0 aliphatic rings. The van der Waals surface area contributed by atoms with Crippen molar-refractivity contribution < 1.29 is 4.43 Å². The maximum Gasteiger partial charge on any atom is 0.276 e. The summed E-state index contributed by atoms with van der Waals surface area (Å²) in [5.74, 6) is 0.756. The molecule has 0 saturated heterocycles. The molecule has 0 radical (unpaired) electrons. The molecule has 3 aromatic carbocycles. The van der Waals surface area contributed by atoms with Gasteiger partial charge in [0, 0.05) is 5.56 Å². The van der Waals surface area contributed by atoms with E-state index in [0.717, 1.165) is 11.3 Å². The Morgan fingerprint density at radius 2 is 1.45 bits per heavy atom. The van der Waals surface area contributed by atoms with Crippen LogP contribution >= 0.6 is 0 Å². The lowest BCUT2D eigenvalue weighted by atomic mass is 10.1. The molecule has 0 saturated carbocycles. The number of hydrogen-bond acceptors (Lipinski definition) is 1. The summed E-state index contributed by atoms with van der Waals surface area (Å²) in [6.07, 6.45) is 0. The third-order valence-corrected chi connectivity index (χ3v) is 6.40. The van der Waals surface area contributed by atoms with Crippen LogP contribution in [0.5, 0.6) is 0 Å². The summed E-state index contributed by atoms with van der Waals surface area (Å²) in [5, 5.41) is 3.72. The Labute approximate surface area is 133 Å². The van der Waals surface area contributed by atoms with E-state index in [4.69, 9.17) is 4.43 Å². The quantitative estimate of drug-likeness (QED) is 0.490. The molecular weight excluding hydrogens is 284 g/mol. The third kappa shape index (κ3) is 2.97. The van der Waals surface area contributed by atoms with Crippen LogP contribution in [0.25, 0.3) is 16.5 Å². The molecule has 3 aromatic rings. The summed E-state index contributed by atoms with van der Waals surface area (Å²) in [4.78, 5) is 0. The van der Waals surface area contributed by atoms with Gasteiger partial charge in [-0.25, -0.2) is 0 Å². The van der Waals surface area contributed by atoms with Gasteiger partial charge in [0.15, 0.2) is 0 Å². The number of hydrogen-bond donors (Lipinski definition) is 0. The van der Waals surface area contributed by atoms with Gasteiger partial charge in [-0.1, -0.05) is 73.3 Å². The molecule has 2 heteroatoms. The second-order valence-corrected chi connectivity index (χ2v) is 9.77. The largest absolute Gasteiger partial charge is 0.540 e. The fourth-order valence-electron chi connectivity index (χ4n) is 2.63. The van der Waals surface area contributed by atoms with Gasteiger partial charge < -0.3 is 4.43 Å². The van der Waals surface area contributed by atoms with Crippen LogP contribution in [-0.2, 0) is 4.43 Å². The molecule has 0 heterocycles. The van der Waals surface area contributed by atoms with Crippen LogP contribution in [0.4, 0.5) is 0 Å². The molecule has 0 aliphatic carbocycles. The van der Waals surface area contributed by atoms with Crippen molar-refractivity contribution in [3.8, 4) is 0 Å². The predicted octanol–water partition coefficient (Wildman–Crippen LogP) is 4.94. The summed E-state index contributed by atoms with van der Waals surface area (Å²) < 4.78 is 6.30. The van der Waals surface area contributed by atoms with E-state index in [1.165, 1.54) is 16.0 Å². The Morgan fingerprint density at radius 1 is 0.818 bits per heavy atom. The van der Waals surface area contributed by atoms with Crippen molar-refractivity contribution >= 4 is 30.0 Å². The van der Waals surface area contributed by atoms with Crippen LogP contribution in [0.2, 0.25) is 13.1 Å². The van der Waals surface area contributed by atoms with Crippen LogP contribution in [0.3, 0.4) is 0 Å². The Hall–Kier alpha value is -2.32. The van der Waals surface area contributed by atoms with Gasteiger partial charge in [-0.3, -0.25) is 0 Å². The van der Waals surface area contributed by atoms with Crippen molar-refractivity contribution in [3.63, 3.8) is 0 Å². The lowest BCUT2D eigenvalue weighted by Crippen LogP contribution is -2.43. The van der Waals surface area contributed by atoms with E-state index < -0.39 is 8.32 Å². The summed E-state index contributed by atoms with van der Waals surface area (Å²) in [6.45, 7) is 8.56. The molecule has 0 amide bonds. The highest BCUT2D eigenvalue weighted by molar-refractivity contribution is 6.85. The van der Waals surface area contributed by atoms with Gasteiger partial charge in [-0.15, -0.1) is 0 Å². The minimum absolute atomic E-state index is 0.756. The van der Waals surface area contributed by atoms with Crippen molar-refractivity contribution in [2.45, 2.75) is 13.1 Å². The highest BCUT2D eigenvalue weighted by Crippen LogP contribution is 2.23. The zero-order valence-electron chi connectivity index (χ0n) is 13.0. The molecule has 22 heavy (non-hydrogen) atoms. The second kappa shape index (κ2) is 5.82. The van der Waals surface area contributed by atoms with Crippen LogP contribution in [0, 0.1) is 0 Å². The Bertz CT molecular complexity index is 806. The molecule has 0 fully saturated rings. The molecule has 0 aromatic heterocycles. The topological polar surface area (TPSA) is 9.23 Å². The molecule has 1 nitrogen and oxygen atoms in total. The van der Waals surface area contributed by atoms with Gasteiger partial charge in [0.25, 0.3) is 8.32 Å². The van der Waals surface area contributed by atoms with Crippen LogP contribution < -0.4 is 5.19 Å². The SMILES string of the molecule is C=C(O[Si](C)(C)c1ccccc1)c1ccc2ccccc2c1. The molecule has 0 spiro atoms. The Kier molecular flexibility index (Phi) is 3.86. The van der Waals surface area contributed by atoms with Gasteiger partial charge >= 0.3 is 0 Å². The summed E-state index contributed by atoms with van der Waals surface area (Å²) in [5.41, 5.74) is 1.05. The average Bonchev–Trinajstić information content (AvgIpc) is 2.55. The van der Waals surface area contributed by atoms with Crippen LogP contribution in [0.15, 0.2) is 79.4 Å². The molecule has 110 valence electrons. The first-order valence-electron chi connectivity index (χ1n) is 7.49. The van der Waals surface area contributed by atoms with Crippen molar-refractivity contribution in [2.24, 2.45) is 0 Å². The smallest absolute Gasteiger partial charge is 0.276 e. The van der Waals surface area contributed by atoms with Crippen molar-refractivity contribution in [1.29, 1.82) is 0 Å². The molecule has 0 N–H and O–H groups in total. The zero-order chi connectivity index (χ0) is 15.6. The van der Waals surface area contributed by atoms with Gasteiger partial charge in [0.2, 0.25) is 0 Å². The minimum Gasteiger partial charge on any atom is -0.540 e. The number of benzene rings is 3. The summed E-state index contributed by atoms with van der Waals surface area (Å²) in [7, 11) is -1.99. The van der Waals surface area contributed by atoms with Gasteiger partial charge in [0.1, 0.15) is 5.76 Å². The Morgan fingerprint density at radius 3 is 2.18 bits per heavy atom. The maximum atomic E-state index is 6.30. The van der Waals surface area contributed by atoms with Crippen LogP contribution in [-0.4, -0.2) is 8.32 Å². The van der Waals surface area contributed by atoms with Gasteiger partial charge in [-0.2, -0.15) is 0 Å². The standard InChI is InChI=1S/C20H20OSi/c1-16(21-22(2,3)20-11-5-4-6-12-20)18-14-13-17-9-7-8-10-19(17)15-18/h4-15H,1H2,2-3H3. The highest BCUT2D eigenvalue weighted by Gasteiger charge is 2.27. The highest BCUT2D eigenvalue weighted by atomic mass is 28.4. The van der Waals surface area contributed by atoms with E-state index in [1.54, 1.807) is 0 Å². The van der Waals surface area contributed by atoms with E-state index in [0.29, 0.717) is 0 Å². The average molecular weight is 304 g/mol. The lowest BCUT2D eigenvalue weighted by Gasteiger charge is -2.26. The third-order valence-electron chi connectivity index (χ3n) is 3.92. The zero-order valence-corrected chi connectivity index (χ0v) is 14.0. The molecule has 0 aliphatic heterocycles. The first-order chi connectivity index (χ1) is 10.6. The number of rotatable bonds is 4. The molecule has 0 bridgehead atoms. The predicted molar refractivity (Wildman–Crippen MR) is 97.6 cm³/mol. The normalized spacial score (nSPS) is 11.4. The van der Waals surface area contributed by atoms with E-state index in [1.807, 2.05) is 6.07 Å². The monoisotopic (exact) mass is 304 g/mol. The van der Waals surface area contributed by atoms with Gasteiger partial charge in [0.05, 0.1) is 0 Å². The van der Waals surface area contributed by atoms with E-state index in [-0.39, 0.29) is 0 Å². The van der Waals surface area contributed by atoms with Crippen LogP contribution in [0.1, 0.15) is 5.56 Å². The number of fused-ring (bicyclic) bond motifs is 1. The van der Waals surface area contributed by atoms with E-state index in [9.17, 15) is 0 Å². The fourth-order valence-corrected chi connectivity index (χ4v) is 4.48. The second-order valence-electron chi connectivity index (χ2n) is 5.96. The fraction of sp³-hybridized carbons (Fsp3) is 0.100. The first kappa shape index (κ1) is 14.6. The van der Waals surface area contributed by atoms with Crippen molar-refractivity contribution in [1.82, 2.24) is 0 Å². The minimum atomic E-state index is -1.99. The van der Waals surface area contributed by atoms with E-state index >= 15 is 0 Å². The van der Waals surface area contributed by atoms with Gasteiger partial charge in [-0.05, 0) is 35.1 Å². The first-order valence-corrected chi connectivity index (χ1v) is 10.4. The van der Waals surface area contributed by atoms with Crippen molar-refractivity contribution in [2.75, 3.05) is 0 Å². The molecular formula is C20H20OSi.